The summed E-state index contributed by atoms with van der Waals surface area (Å²) >= 11 is 0. The first-order valence-electron chi connectivity index (χ1n) is 8.51. The molecule has 2 unspecified atom stereocenters. The van der Waals surface area contributed by atoms with Crippen molar-refractivity contribution in [1.29, 1.82) is 0 Å². The van der Waals surface area contributed by atoms with E-state index in [0.29, 0.717) is 23.5 Å². The van der Waals surface area contributed by atoms with E-state index in [9.17, 15) is 14.7 Å². The zero-order valence-electron chi connectivity index (χ0n) is 14.6. The summed E-state index contributed by atoms with van der Waals surface area (Å²) in [5.74, 6) is -0.155. The first-order valence-corrected chi connectivity index (χ1v) is 8.51. The van der Waals surface area contributed by atoms with Gasteiger partial charge in [0.05, 0.1) is 6.61 Å². The van der Waals surface area contributed by atoms with Gasteiger partial charge in [0, 0.05) is 29.0 Å². The van der Waals surface area contributed by atoms with Crippen LogP contribution in [0.3, 0.4) is 0 Å². The fourth-order valence-corrected chi connectivity index (χ4v) is 4.16. The van der Waals surface area contributed by atoms with Gasteiger partial charge in [-0.05, 0) is 30.2 Å². The number of hydrogen-bond acceptors (Lipinski definition) is 4. The lowest BCUT2D eigenvalue weighted by molar-refractivity contribution is -0.140. The number of aliphatic hydroxyl groups is 1. The van der Waals surface area contributed by atoms with Crippen molar-refractivity contribution in [3.63, 3.8) is 0 Å². The van der Waals surface area contributed by atoms with Gasteiger partial charge < -0.3 is 9.84 Å². The highest BCUT2D eigenvalue weighted by atomic mass is 16.5. The third kappa shape index (κ3) is 2.10. The van der Waals surface area contributed by atoms with Gasteiger partial charge >= 0.3 is 0 Å². The summed E-state index contributed by atoms with van der Waals surface area (Å²) < 4.78 is 5.81. The number of carbonyl (C=O) groups is 2. The molecular weight excluding hydrogens is 316 g/mol. The Labute approximate surface area is 146 Å². The summed E-state index contributed by atoms with van der Waals surface area (Å²) in [7, 11) is 0. The molecule has 0 amide bonds. The lowest BCUT2D eigenvalue weighted by atomic mass is 9.71. The number of carbonyl (C=O) groups excluding carboxylic acids is 2. The molecule has 2 aliphatic rings. The van der Waals surface area contributed by atoms with Crippen molar-refractivity contribution >= 4 is 28.1 Å². The summed E-state index contributed by atoms with van der Waals surface area (Å²) in [5.41, 5.74) is 0.944. The monoisotopic (exact) mass is 336 g/mol. The minimum atomic E-state index is -1.84. The first kappa shape index (κ1) is 16.0. The van der Waals surface area contributed by atoms with E-state index in [4.69, 9.17) is 4.74 Å². The molecule has 1 N–H and O–H groups in total. The second-order valence-corrected chi connectivity index (χ2v) is 7.18. The largest absolute Gasteiger partial charge is 0.492 e. The molecule has 128 valence electrons. The molecule has 0 bridgehead atoms. The van der Waals surface area contributed by atoms with Crippen molar-refractivity contribution in [1.82, 2.24) is 0 Å². The third-order valence-corrected chi connectivity index (χ3v) is 5.28. The van der Waals surface area contributed by atoms with Gasteiger partial charge in [-0.25, -0.2) is 0 Å². The standard InChI is InChI=1S/C21H20O4/c1-11-5-4-6-15-14(11)7-8-16-18(15)21(24,9-13(3)22)20(23)17-12(2)10-25-19(16)17/h4-8,12,24H,9-10H2,1-3H3. The Hall–Kier alpha value is -2.46. The van der Waals surface area contributed by atoms with Crippen molar-refractivity contribution in [2.24, 2.45) is 5.92 Å². The molecule has 4 rings (SSSR count). The molecule has 0 radical (unpaired) electrons. The maximum absolute atomic E-state index is 13.2. The van der Waals surface area contributed by atoms with Gasteiger partial charge in [-0.15, -0.1) is 0 Å². The molecule has 0 fully saturated rings. The van der Waals surface area contributed by atoms with E-state index in [0.717, 1.165) is 21.9 Å². The topological polar surface area (TPSA) is 63.6 Å². The molecule has 4 nitrogen and oxygen atoms in total. The number of rotatable bonds is 2. The number of aryl methyl sites for hydroxylation is 1. The molecule has 0 spiro atoms. The molecule has 1 aliphatic heterocycles. The fourth-order valence-electron chi connectivity index (χ4n) is 4.16. The van der Waals surface area contributed by atoms with Gasteiger partial charge in [0.2, 0.25) is 0 Å². The number of hydrogen-bond donors (Lipinski definition) is 1. The first-order chi connectivity index (χ1) is 11.8. The normalized spacial score (nSPS) is 25.0. The Kier molecular flexibility index (Phi) is 3.38. The molecule has 1 aliphatic carbocycles. The van der Waals surface area contributed by atoms with E-state index in [1.165, 1.54) is 6.92 Å². The number of benzene rings is 2. The third-order valence-electron chi connectivity index (χ3n) is 5.28. The van der Waals surface area contributed by atoms with Gasteiger partial charge in [-0.3, -0.25) is 9.59 Å². The van der Waals surface area contributed by atoms with E-state index in [-0.39, 0.29) is 18.1 Å². The highest BCUT2D eigenvalue weighted by molar-refractivity contribution is 6.15. The van der Waals surface area contributed by atoms with Crippen LogP contribution in [0.2, 0.25) is 0 Å². The van der Waals surface area contributed by atoms with Crippen LogP contribution < -0.4 is 0 Å². The number of ketones is 2. The minimum Gasteiger partial charge on any atom is -0.492 e. The number of fused-ring (bicyclic) bond motifs is 4. The van der Waals surface area contributed by atoms with Gasteiger partial charge in [0.15, 0.2) is 11.4 Å². The van der Waals surface area contributed by atoms with Crippen molar-refractivity contribution in [2.45, 2.75) is 32.8 Å². The zero-order valence-corrected chi connectivity index (χ0v) is 14.6. The molecule has 0 saturated carbocycles. The van der Waals surface area contributed by atoms with Crippen LogP contribution in [0, 0.1) is 12.8 Å². The molecule has 0 saturated heterocycles. The van der Waals surface area contributed by atoms with Crippen molar-refractivity contribution < 1.29 is 19.4 Å². The second kappa shape index (κ2) is 5.27. The van der Waals surface area contributed by atoms with Crippen LogP contribution in [0.25, 0.3) is 16.5 Å². The average molecular weight is 336 g/mol. The van der Waals surface area contributed by atoms with Crippen LogP contribution in [0.4, 0.5) is 0 Å². The Bertz CT molecular complexity index is 969. The quantitative estimate of drug-likeness (QED) is 0.914. The summed E-state index contributed by atoms with van der Waals surface area (Å²) in [6, 6.07) is 9.67. The van der Waals surface area contributed by atoms with E-state index < -0.39 is 11.4 Å². The highest BCUT2D eigenvalue weighted by Crippen LogP contribution is 2.49. The van der Waals surface area contributed by atoms with Crippen molar-refractivity contribution in [3.8, 4) is 0 Å². The molecule has 25 heavy (non-hydrogen) atoms. The van der Waals surface area contributed by atoms with Gasteiger partial charge in [-0.2, -0.15) is 0 Å². The van der Waals surface area contributed by atoms with Crippen LogP contribution in [-0.2, 0) is 19.9 Å². The molecule has 2 aromatic carbocycles. The Morgan fingerprint density at radius 2 is 2.04 bits per heavy atom. The second-order valence-electron chi connectivity index (χ2n) is 7.18. The molecule has 4 heteroatoms. The highest BCUT2D eigenvalue weighted by Gasteiger charge is 2.51. The average Bonchev–Trinajstić information content (AvgIpc) is 2.93. The summed E-state index contributed by atoms with van der Waals surface area (Å²) in [6.45, 7) is 5.71. The van der Waals surface area contributed by atoms with Crippen LogP contribution in [0.5, 0.6) is 0 Å². The number of ether oxygens (including phenoxy) is 1. The van der Waals surface area contributed by atoms with E-state index in [1.807, 2.05) is 44.2 Å². The van der Waals surface area contributed by atoms with E-state index >= 15 is 0 Å². The maximum atomic E-state index is 13.2. The molecule has 2 atom stereocenters. The van der Waals surface area contributed by atoms with Crippen LogP contribution in [0.15, 0.2) is 35.9 Å². The fraction of sp³-hybridized carbons (Fsp3) is 0.333. The predicted octanol–water partition coefficient (Wildman–Crippen LogP) is 3.28. The maximum Gasteiger partial charge on any atom is 0.199 e. The summed E-state index contributed by atoms with van der Waals surface area (Å²) in [5, 5.41) is 13.2. The van der Waals surface area contributed by atoms with Crippen LogP contribution in [-0.4, -0.2) is 23.3 Å². The zero-order chi connectivity index (χ0) is 17.9. The lowest BCUT2D eigenvalue weighted by Gasteiger charge is -2.34. The molecule has 2 aromatic rings. The number of Topliss-reactive ketones (excluding diaryl/α,β-unsaturated/α-hetero) is 2. The molecular formula is C21H20O4. The SMILES string of the molecule is CC(=O)CC1(O)C(=O)C2=C(OCC2C)c2ccc3c(C)cccc3c21. The summed E-state index contributed by atoms with van der Waals surface area (Å²) in [6.07, 6.45) is -0.227. The molecule has 0 aromatic heterocycles. The smallest absolute Gasteiger partial charge is 0.199 e. The Morgan fingerprint density at radius 3 is 2.76 bits per heavy atom. The van der Waals surface area contributed by atoms with E-state index in [2.05, 4.69) is 0 Å². The Balaban J connectivity index is 2.13. The van der Waals surface area contributed by atoms with Crippen LogP contribution >= 0.6 is 0 Å². The lowest BCUT2D eigenvalue weighted by Crippen LogP contribution is -2.42. The van der Waals surface area contributed by atoms with Crippen molar-refractivity contribution in [3.05, 3.63) is 52.6 Å². The summed E-state index contributed by atoms with van der Waals surface area (Å²) in [4.78, 5) is 25.1. The minimum absolute atomic E-state index is 0.0951. The Morgan fingerprint density at radius 1 is 1.28 bits per heavy atom. The molecule has 1 heterocycles. The van der Waals surface area contributed by atoms with Gasteiger partial charge in [0.25, 0.3) is 0 Å². The van der Waals surface area contributed by atoms with Gasteiger partial charge in [-0.1, -0.05) is 37.3 Å². The van der Waals surface area contributed by atoms with Crippen LogP contribution in [0.1, 0.15) is 37.0 Å². The van der Waals surface area contributed by atoms with E-state index in [1.54, 1.807) is 0 Å². The van der Waals surface area contributed by atoms with Crippen molar-refractivity contribution in [2.75, 3.05) is 6.61 Å². The van der Waals surface area contributed by atoms with Gasteiger partial charge in [0.1, 0.15) is 11.5 Å². The predicted molar refractivity (Wildman–Crippen MR) is 94.9 cm³/mol.